The molecule has 3 N–H and O–H groups in total. The van der Waals surface area contributed by atoms with E-state index in [9.17, 15) is 9.59 Å². The van der Waals surface area contributed by atoms with E-state index < -0.39 is 11.7 Å². The number of hydrogen-bond donors (Lipinski definition) is 3. The number of ether oxygens (including phenoxy) is 1. The van der Waals surface area contributed by atoms with Crippen molar-refractivity contribution in [3.05, 3.63) is 0 Å². The molecule has 0 aliphatic heterocycles. The van der Waals surface area contributed by atoms with Gasteiger partial charge >= 0.3 is 12.1 Å². The highest BCUT2D eigenvalue weighted by molar-refractivity contribution is 5.74. The van der Waals surface area contributed by atoms with Crippen LogP contribution >= 0.6 is 0 Å². The van der Waals surface area contributed by atoms with Crippen LogP contribution in [0.3, 0.4) is 0 Å². The fourth-order valence-electron chi connectivity index (χ4n) is 1.68. The third kappa shape index (κ3) is 10.5. The van der Waals surface area contributed by atoms with E-state index in [0.717, 1.165) is 6.42 Å². The summed E-state index contributed by atoms with van der Waals surface area (Å²) in [5, 5.41) is 8.22. The highest BCUT2D eigenvalue weighted by atomic mass is 16.6. The third-order valence-corrected chi connectivity index (χ3v) is 2.32. The average molecular weight is 287 g/mol. The van der Waals surface area contributed by atoms with E-state index in [1.165, 1.54) is 0 Å². The van der Waals surface area contributed by atoms with E-state index in [1.54, 1.807) is 0 Å². The Morgan fingerprint density at radius 1 is 1.15 bits per heavy atom. The summed E-state index contributed by atoms with van der Waals surface area (Å²) in [7, 11) is 0. The van der Waals surface area contributed by atoms with E-state index in [0.29, 0.717) is 19.0 Å². The maximum absolute atomic E-state index is 11.6. The van der Waals surface area contributed by atoms with E-state index in [1.807, 2.05) is 27.7 Å². The first-order valence-electron chi connectivity index (χ1n) is 7.15. The van der Waals surface area contributed by atoms with Gasteiger partial charge in [-0.15, -0.1) is 0 Å². The molecule has 20 heavy (non-hydrogen) atoms. The minimum atomic E-state index is -0.523. The first-order chi connectivity index (χ1) is 9.14. The van der Waals surface area contributed by atoms with Crippen LogP contribution in [0.15, 0.2) is 0 Å². The van der Waals surface area contributed by atoms with Crippen LogP contribution in [0.2, 0.25) is 0 Å². The lowest BCUT2D eigenvalue weighted by molar-refractivity contribution is 0.0521. The lowest BCUT2D eigenvalue weighted by Gasteiger charge is -2.23. The zero-order chi connectivity index (χ0) is 15.8. The molecule has 3 amide bonds. The van der Waals surface area contributed by atoms with Crippen LogP contribution in [0.5, 0.6) is 0 Å². The Kier molecular flexibility index (Phi) is 8.03. The molecule has 0 saturated heterocycles. The molecule has 0 spiro atoms. The fraction of sp³-hybridized carbons (Fsp3) is 0.857. The first-order valence-corrected chi connectivity index (χ1v) is 7.15. The molecular formula is C14H29N3O3. The normalized spacial score (nSPS) is 12.8. The zero-order valence-corrected chi connectivity index (χ0v) is 13.5. The van der Waals surface area contributed by atoms with Crippen molar-refractivity contribution in [2.45, 2.75) is 59.6 Å². The number of nitrogens with one attached hydrogen (secondary N) is 3. The molecule has 0 rings (SSSR count). The van der Waals surface area contributed by atoms with Gasteiger partial charge in [0.2, 0.25) is 0 Å². The van der Waals surface area contributed by atoms with E-state index in [4.69, 9.17) is 4.74 Å². The molecule has 0 aromatic heterocycles. The van der Waals surface area contributed by atoms with Crippen LogP contribution in [-0.2, 0) is 4.74 Å². The van der Waals surface area contributed by atoms with Gasteiger partial charge in [-0.1, -0.05) is 13.8 Å². The van der Waals surface area contributed by atoms with Crippen LogP contribution in [0, 0.1) is 5.92 Å². The summed E-state index contributed by atoms with van der Waals surface area (Å²) < 4.78 is 5.17. The van der Waals surface area contributed by atoms with Crippen LogP contribution in [0.25, 0.3) is 0 Å². The summed E-state index contributed by atoms with van der Waals surface area (Å²) in [6, 6.07) is -0.335. The number of alkyl carbamates (subject to hydrolysis) is 1. The molecule has 0 aromatic rings. The van der Waals surface area contributed by atoms with Gasteiger partial charge in [-0.25, -0.2) is 9.59 Å². The second-order valence-corrected chi connectivity index (χ2v) is 6.21. The molecule has 0 bridgehead atoms. The summed E-state index contributed by atoms with van der Waals surface area (Å²) in [6.07, 6.45) is 0.316. The predicted molar refractivity (Wildman–Crippen MR) is 79.7 cm³/mol. The summed E-state index contributed by atoms with van der Waals surface area (Å²) in [5.41, 5.74) is -0.523. The average Bonchev–Trinajstić information content (AvgIpc) is 2.23. The summed E-state index contributed by atoms with van der Waals surface area (Å²) >= 11 is 0. The molecule has 1 atom stereocenters. The molecule has 1 unspecified atom stereocenters. The second kappa shape index (κ2) is 8.66. The van der Waals surface area contributed by atoms with Gasteiger partial charge in [0, 0.05) is 19.1 Å². The SMILES string of the molecule is CCNC(=O)NC(CNC(=O)OC(C)(C)C)CC(C)C. The maximum atomic E-state index is 11.6. The largest absolute Gasteiger partial charge is 0.444 e. The Bertz CT molecular complexity index is 311. The number of urea groups is 1. The van der Waals surface area contributed by atoms with Crippen molar-refractivity contribution >= 4 is 12.1 Å². The van der Waals surface area contributed by atoms with Crippen molar-refractivity contribution in [2.75, 3.05) is 13.1 Å². The molecule has 118 valence electrons. The Balaban J connectivity index is 4.29. The topological polar surface area (TPSA) is 79.5 Å². The van der Waals surface area contributed by atoms with Crippen LogP contribution in [0.4, 0.5) is 9.59 Å². The van der Waals surface area contributed by atoms with Crippen molar-refractivity contribution in [3.8, 4) is 0 Å². The summed E-state index contributed by atoms with van der Waals surface area (Å²) in [4.78, 5) is 23.1. The molecule has 0 aliphatic rings. The number of amides is 3. The Hall–Kier alpha value is -1.46. The van der Waals surface area contributed by atoms with Crippen LogP contribution < -0.4 is 16.0 Å². The van der Waals surface area contributed by atoms with Gasteiger partial charge in [0.1, 0.15) is 5.60 Å². The maximum Gasteiger partial charge on any atom is 0.407 e. The standard InChI is InChI=1S/C14H29N3O3/c1-7-15-12(18)17-11(8-10(2)3)9-16-13(19)20-14(4,5)6/h10-11H,7-9H2,1-6H3,(H,16,19)(H2,15,17,18). The number of rotatable bonds is 6. The zero-order valence-electron chi connectivity index (χ0n) is 13.5. The smallest absolute Gasteiger partial charge is 0.407 e. The molecule has 0 radical (unpaired) electrons. The molecule has 0 aromatic carbocycles. The van der Waals surface area contributed by atoms with Gasteiger partial charge in [0.15, 0.2) is 0 Å². The van der Waals surface area contributed by atoms with Crippen molar-refractivity contribution in [1.29, 1.82) is 0 Å². The molecule has 0 aliphatic carbocycles. The highest BCUT2D eigenvalue weighted by Gasteiger charge is 2.19. The number of hydrogen-bond acceptors (Lipinski definition) is 3. The fourth-order valence-corrected chi connectivity index (χ4v) is 1.68. The minimum absolute atomic E-state index is 0.117. The lowest BCUT2D eigenvalue weighted by Crippen LogP contribution is -2.48. The predicted octanol–water partition coefficient (Wildman–Crippen LogP) is 2.24. The van der Waals surface area contributed by atoms with E-state index in [2.05, 4.69) is 29.8 Å². The quantitative estimate of drug-likeness (QED) is 0.701. The monoisotopic (exact) mass is 287 g/mol. The second-order valence-electron chi connectivity index (χ2n) is 6.21. The van der Waals surface area contributed by atoms with Crippen molar-refractivity contribution < 1.29 is 14.3 Å². The van der Waals surface area contributed by atoms with Gasteiger partial charge in [-0.2, -0.15) is 0 Å². The lowest BCUT2D eigenvalue weighted by atomic mass is 10.0. The number of carbonyl (C=O) groups is 2. The Labute approximate surface area is 122 Å². The van der Waals surface area contributed by atoms with Gasteiger partial charge in [-0.05, 0) is 40.0 Å². The van der Waals surface area contributed by atoms with Gasteiger partial charge in [0.05, 0.1) is 0 Å². The van der Waals surface area contributed by atoms with E-state index >= 15 is 0 Å². The van der Waals surface area contributed by atoms with Gasteiger partial charge < -0.3 is 20.7 Å². The van der Waals surface area contributed by atoms with Crippen LogP contribution in [0.1, 0.15) is 48.0 Å². The van der Waals surface area contributed by atoms with Crippen molar-refractivity contribution in [3.63, 3.8) is 0 Å². The minimum Gasteiger partial charge on any atom is -0.444 e. The van der Waals surface area contributed by atoms with Crippen molar-refractivity contribution in [1.82, 2.24) is 16.0 Å². The molecule has 0 fully saturated rings. The van der Waals surface area contributed by atoms with Gasteiger partial charge in [0.25, 0.3) is 0 Å². The van der Waals surface area contributed by atoms with Crippen molar-refractivity contribution in [2.24, 2.45) is 5.92 Å². The summed E-state index contributed by atoms with van der Waals surface area (Å²) in [5.74, 6) is 0.419. The van der Waals surface area contributed by atoms with Crippen LogP contribution in [-0.4, -0.2) is 36.9 Å². The molecule has 6 nitrogen and oxygen atoms in total. The van der Waals surface area contributed by atoms with Gasteiger partial charge in [-0.3, -0.25) is 0 Å². The Morgan fingerprint density at radius 3 is 2.20 bits per heavy atom. The third-order valence-electron chi connectivity index (χ3n) is 2.32. The number of carbonyl (C=O) groups excluding carboxylic acids is 2. The molecule has 0 saturated carbocycles. The molecule has 0 heterocycles. The molecule has 6 heteroatoms. The highest BCUT2D eigenvalue weighted by Crippen LogP contribution is 2.07. The first kappa shape index (κ1) is 18.5. The summed E-state index contributed by atoms with van der Waals surface area (Å²) in [6.45, 7) is 12.3. The van der Waals surface area contributed by atoms with E-state index in [-0.39, 0.29) is 12.1 Å². The Morgan fingerprint density at radius 2 is 1.75 bits per heavy atom. The molecular weight excluding hydrogens is 258 g/mol.